The molecule has 0 saturated heterocycles. The number of hydrogen-bond acceptors (Lipinski definition) is 3. The minimum Gasteiger partial charge on any atom is -0.352 e. The highest BCUT2D eigenvalue weighted by Gasteiger charge is 2.32. The Balaban J connectivity index is 0.00000400. The number of amides is 1. The van der Waals surface area contributed by atoms with Crippen LogP contribution in [0.25, 0.3) is 0 Å². The predicted molar refractivity (Wildman–Crippen MR) is 96.2 cm³/mol. The Morgan fingerprint density at radius 3 is 2.38 bits per heavy atom. The summed E-state index contributed by atoms with van der Waals surface area (Å²) in [5.41, 5.74) is 6.35. The molecule has 1 aliphatic rings. The SMILES string of the molecule is CCC(C)(C)C1CCC(NC(=O)[C@@H](N)CCSC)CC1.Cl. The lowest BCUT2D eigenvalue weighted by molar-refractivity contribution is -0.123. The van der Waals surface area contributed by atoms with Gasteiger partial charge in [0.25, 0.3) is 0 Å². The van der Waals surface area contributed by atoms with Crippen molar-refractivity contribution in [3.63, 3.8) is 0 Å². The summed E-state index contributed by atoms with van der Waals surface area (Å²) in [4.78, 5) is 12.0. The summed E-state index contributed by atoms with van der Waals surface area (Å²) in [7, 11) is 0. The molecule has 1 atom stereocenters. The summed E-state index contributed by atoms with van der Waals surface area (Å²) < 4.78 is 0. The molecule has 126 valence electrons. The first-order valence-corrected chi connectivity index (χ1v) is 9.35. The molecule has 1 aliphatic carbocycles. The van der Waals surface area contributed by atoms with Gasteiger partial charge in [-0.05, 0) is 55.4 Å². The van der Waals surface area contributed by atoms with E-state index in [-0.39, 0.29) is 24.4 Å². The summed E-state index contributed by atoms with van der Waals surface area (Å²) in [5, 5.41) is 3.14. The number of halogens is 1. The average Bonchev–Trinajstić information content (AvgIpc) is 2.45. The molecule has 3 nitrogen and oxygen atoms in total. The summed E-state index contributed by atoms with van der Waals surface area (Å²) in [6.45, 7) is 7.02. The van der Waals surface area contributed by atoms with E-state index in [0.29, 0.717) is 11.5 Å². The van der Waals surface area contributed by atoms with E-state index in [0.717, 1.165) is 30.9 Å². The van der Waals surface area contributed by atoms with Crippen molar-refractivity contribution < 1.29 is 4.79 Å². The maximum Gasteiger partial charge on any atom is 0.237 e. The highest BCUT2D eigenvalue weighted by Crippen LogP contribution is 2.40. The molecule has 0 radical (unpaired) electrons. The molecule has 0 spiro atoms. The predicted octanol–water partition coefficient (Wildman–Crippen LogP) is 3.60. The lowest BCUT2D eigenvalue weighted by Crippen LogP contribution is -2.47. The summed E-state index contributed by atoms with van der Waals surface area (Å²) in [5.74, 6) is 1.79. The minimum absolute atomic E-state index is 0. The number of rotatable bonds is 7. The largest absolute Gasteiger partial charge is 0.352 e. The lowest BCUT2D eigenvalue weighted by atomic mass is 9.69. The fourth-order valence-corrected chi connectivity index (χ4v) is 3.48. The minimum atomic E-state index is -0.341. The van der Waals surface area contributed by atoms with E-state index in [2.05, 4.69) is 26.1 Å². The Morgan fingerprint density at radius 1 is 1.33 bits per heavy atom. The molecule has 0 unspecified atom stereocenters. The van der Waals surface area contributed by atoms with Crippen molar-refractivity contribution in [2.45, 2.75) is 71.4 Å². The van der Waals surface area contributed by atoms with E-state index in [9.17, 15) is 4.79 Å². The van der Waals surface area contributed by atoms with Crippen LogP contribution in [0.5, 0.6) is 0 Å². The summed E-state index contributed by atoms with van der Waals surface area (Å²) in [6, 6.07) is -0.000933. The van der Waals surface area contributed by atoms with Crippen LogP contribution >= 0.6 is 24.2 Å². The average molecular weight is 337 g/mol. The van der Waals surface area contributed by atoms with E-state index in [1.54, 1.807) is 11.8 Å². The van der Waals surface area contributed by atoms with Crippen LogP contribution in [0.4, 0.5) is 0 Å². The second-order valence-corrected chi connectivity index (χ2v) is 7.77. The maximum atomic E-state index is 12.0. The van der Waals surface area contributed by atoms with Gasteiger partial charge in [0.1, 0.15) is 0 Å². The zero-order chi connectivity index (χ0) is 15.2. The molecule has 1 amide bonds. The van der Waals surface area contributed by atoms with Crippen LogP contribution in [0.1, 0.15) is 59.3 Å². The van der Waals surface area contributed by atoms with E-state index in [1.807, 2.05) is 6.26 Å². The van der Waals surface area contributed by atoms with Gasteiger partial charge in [-0.15, -0.1) is 12.4 Å². The normalized spacial score (nSPS) is 24.0. The van der Waals surface area contributed by atoms with Crippen LogP contribution in [0.2, 0.25) is 0 Å². The number of nitrogens with two attached hydrogens (primary N) is 1. The van der Waals surface area contributed by atoms with Gasteiger partial charge in [-0.2, -0.15) is 11.8 Å². The topological polar surface area (TPSA) is 55.1 Å². The fraction of sp³-hybridized carbons (Fsp3) is 0.938. The highest BCUT2D eigenvalue weighted by molar-refractivity contribution is 7.98. The molecule has 0 aromatic carbocycles. The highest BCUT2D eigenvalue weighted by atomic mass is 35.5. The first-order chi connectivity index (χ1) is 9.40. The zero-order valence-electron chi connectivity index (χ0n) is 14.0. The molecule has 1 rings (SSSR count). The van der Waals surface area contributed by atoms with Gasteiger partial charge in [-0.25, -0.2) is 0 Å². The summed E-state index contributed by atoms with van der Waals surface area (Å²) >= 11 is 1.74. The molecule has 21 heavy (non-hydrogen) atoms. The molecule has 0 heterocycles. The van der Waals surface area contributed by atoms with Crippen LogP contribution in [0.15, 0.2) is 0 Å². The Morgan fingerprint density at radius 2 is 1.90 bits per heavy atom. The number of carbonyl (C=O) groups excluding carboxylic acids is 1. The monoisotopic (exact) mass is 336 g/mol. The van der Waals surface area contributed by atoms with Gasteiger partial charge in [0.05, 0.1) is 6.04 Å². The molecule has 0 aromatic heterocycles. The van der Waals surface area contributed by atoms with Gasteiger partial charge in [0, 0.05) is 6.04 Å². The third-order valence-electron chi connectivity index (χ3n) is 5.06. The maximum absolute atomic E-state index is 12.0. The Hall–Kier alpha value is 0.0700. The van der Waals surface area contributed by atoms with Gasteiger partial charge < -0.3 is 11.1 Å². The van der Waals surface area contributed by atoms with E-state index in [4.69, 9.17) is 5.73 Å². The molecule has 1 saturated carbocycles. The molecule has 1 fully saturated rings. The summed E-state index contributed by atoms with van der Waals surface area (Å²) in [6.07, 6.45) is 8.71. The lowest BCUT2D eigenvalue weighted by Gasteiger charge is -2.39. The third-order valence-corrected chi connectivity index (χ3v) is 5.70. The van der Waals surface area contributed by atoms with Crippen molar-refractivity contribution >= 4 is 30.1 Å². The number of carbonyl (C=O) groups is 1. The van der Waals surface area contributed by atoms with Crippen LogP contribution in [0.3, 0.4) is 0 Å². The van der Waals surface area contributed by atoms with Crippen molar-refractivity contribution in [1.29, 1.82) is 0 Å². The number of hydrogen-bond donors (Lipinski definition) is 2. The van der Waals surface area contributed by atoms with Gasteiger partial charge in [-0.3, -0.25) is 4.79 Å². The molecule has 0 aliphatic heterocycles. The first kappa shape index (κ1) is 21.1. The fourth-order valence-electron chi connectivity index (χ4n) is 2.99. The molecular weight excluding hydrogens is 304 g/mol. The third kappa shape index (κ3) is 6.79. The van der Waals surface area contributed by atoms with Gasteiger partial charge in [0.2, 0.25) is 5.91 Å². The van der Waals surface area contributed by atoms with Gasteiger partial charge in [0.15, 0.2) is 0 Å². The van der Waals surface area contributed by atoms with Crippen molar-refractivity contribution in [1.82, 2.24) is 5.32 Å². The number of thioether (sulfide) groups is 1. The molecule has 0 bridgehead atoms. The van der Waals surface area contributed by atoms with Crippen LogP contribution in [0, 0.1) is 11.3 Å². The van der Waals surface area contributed by atoms with Crippen LogP contribution < -0.4 is 11.1 Å². The van der Waals surface area contributed by atoms with E-state index >= 15 is 0 Å². The Labute approximate surface area is 141 Å². The van der Waals surface area contributed by atoms with Gasteiger partial charge in [-0.1, -0.05) is 27.2 Å². The first-order valence-electron chi connectivity index (χ1n) is 7.95. The van der Waals surface area contributed by atoms with Crippen molar-refractivity contribution in [2.75, 3.05) is 12.0 Å². The molecule has 3 N–H and O–H groups in total. The van der Waals surface area contributed by atoms with Crippen LogP contribution in [-0.4, -0.2) is 30.0 Å². The Kier molecular flexibility index (Phi) is 9.99. The smallest absolute Gasteiger partial charge is 0.237 e. The van der Waals surface area contributed by atoms with Crippen molar-refractivity contribution in [3.8, 4) is 0 Å². The van der Waals surface area contributed by atoms with E-state index < -0.39 is 0 Å². The van der Waals surface area contributed by atoms with Crippen molar-refractivity contribution in [2.24, 2.45) is 17.1 Å². The standard InChI is InChI=1S/C16H32N2OS.ClH/c1-5-16(2,3)12-6-8-13(9-7-12)18-15(19)14(17)10-11-20-4;/h12-14H,5-11,17H2,1-4H3,(H,18,19);1H/t12?,13?,14-;/m0./s1. The molecule has 0 aromatic rings. The van der Waals surface area contributed by atoms with Crippen LogP contribution in [-0.2, 0) is 4.79 Å². The molecular formula is C16H33ClN2OS. The quantitative estimate of drug-likeness (QED) is 0.746. The van der Waals surface area contributed by atoms with Crippen molar-refractivity contribution in [3.05, 3.63) is 0 Å². The van der Waals surface area contributed by atoms with Gasteiger partial charge >= 0.3 is 0 Å². The molecule has 5 heteroatoms. The van der Waals surface area contributed by atoms with E-state index in [1.165, 1.54) is 19.3 Å². The second kappa shape index (κ2) is 9.96. The second-order valence-electron chi connectivity index (χ2n) is 6.79. The Bertz CT molecular complexity index is 305. The zero-order valence-corrected chi connectivity index (χ0v) is 15.6. The number of nitrogens with one attached hydrogen (secondary N) is 1.